The van der Waals surface area contributed by atoms with Gasteiger partial charge in [0.15, 0.2) is 0 Å². The van der Waals surface area contributed by atoms with Crippen LogP contribution >= 0.6 is 23.5 Å². The topological polar surface area (TPSA) is 38.7 Å². The third kappa shape index (κ3) is 4.58. The summed E-state index contributed by atoms with van der Waals surface area (Å²) in [5, 5.41) is 0. The fourth-order valence-corrected chi connectivity index (χ4v) is 3.84. The number of hydrogen-bond acceptors (Lipinski definition) is 5. The van der Waals surface area contributed by atoms with Gasteiger partial charge in [0, 0.05) is 17.1 Å². The number of hydrogen-bond donors (Lipinski definition) is 0. The normalized spacial score (nSPS) is 14.3. The van der Waals surface area contributed by atoms with E-state index in [-0.39, 0.29) is 5.97 Å². The first-order valence-electron chi connectivity index (χ1n) is 6.38. The van der Waals surface area contributed by atoms with Crippen molar-refractivity contribution >= 4 is 33.9 Å². The largest absolute Gasteiger partial charge is 0.466 e. The summed E-state index contributed by atoms with van der Waals surface area (Å²) in [7, 11) is 0. The van der Waals surface area contributed by atoms with Crippen LogP contribution in [0.5, 0.6) is 0 Å². The molecule has 1 aliphatic heterocycles. The summed E-state index contributed by atoms with van der Waals surface area (Å²) < 4.78 is 6.09. The van der Waals surface area contributed by atoms with E-state index in [1.807, 2.05) is 19.1 Å². The SMILES string of the molecule is CCOC(=O)CCc1ccccc1SC1=NCCS1. The van der Waals surface area contributed by atoms with Crippen molar-refractivity contribution in [1.29, 1.82) is 0 Å². The van der Waals surface area contributed by atoms with Gasteiger partial charge in [-0.25, -0.2) is 0 Å². The number of carbonyl (C=O) groups is 1. The lowest BCUT2D eigenvalue weighted by Crippen LogP contribution is -2.05. The molecule has 0 aliphatic carbocycles. The van der Waals surface area contributed by atoms with Crippen LogP contribution in [0, 0.1) is 0 Å². The molecule has 0 saturated heterocycles. The Balaban J connectivity index is 1.97. The standard InChI is InChI=1S/C14H17NO2S2/c1-2-17-13(16)8-7-11-5-3-4-6-12(11)19-14-15-9-10-18-14/h3-6H,2,7-10H2,1H3. The molecule has 2 rings (SSSR count). The van der Waals surface area contributed by atoms with Gasteiger partial charge in [-0.05, 0) is 25.0 Å². The van der Waals surface area contributed by atoms with Gasteiger partial charge in [-0.3, -0.25) is 9.79 Å². The second-order valence-corrected chi connectivity index (χ2v) is 6.38. The monoisotopic (exact) mass is 295 g/mol. The molecule has 0 spiro atoms. The molecule has 0 N–H and O–H groups in total. The lowest BCUT2D eigenvalue weighted by atomic mass is 10.1. The number of rotatable bonds is 5. The van der Waals surface area contributed by atoms with Crippen molar-refractivity contribution in [3.63, 3.8) is 0 Å². The predicted molar refractivity (Wildman–Crippen MR) is 82.0 cm³/mol. The van der Waals surface area contributed by atoms with Gasteiger partial charge in [0.25, 0.3) is 0 Å². The van der Waals surface area contributed by atoms with E-state index in [0.717, 1.165) is 23.1 Å². The van der Waals surface area contributed by atoms with Crippen LogP contribution in [0.15, 0.2) is 34.2 Å². The Hall–Kier alpha value is -0.940. The molecule has 102 valence electrons. The van der Waals surface area contributed by atoms with Crippen molar-refractivity contribution in [3.05, 3.63) is 29.8 Å². The highest BCUT2D eigenvalue weighted by molar-refractivity contribution is 8.39. The molecular weight excluding hydrogens is 278 g/mol. The molecule has 0 radical (unpaired) electrons. The highest BCUT2D eigenvalue weighted by atomic mass is 32.2. The van der Waals surface area contributed by atoms with E-state index in [2.05, 4.69) is 17.1 Å². The van der Waals surface area contributed by atoms with Crippen molar-refractivity contribution < 1.29 is 9.53 Å². The minimum Gasteiger partial charge on any atom is -0.466 e. The predicted octanol–water partition coefficient (Wildman–Crippen LogP) is 3.38. The number of carbonyl (C=O) groups excluding carboxylic acids is 1. The maximum Gasteiger partial charge on any atom is 0.306 e. The molecule has 0 amide bonds. The number of nitrogens with zero attached hydrogens (tertiary/aromatic N) is 1. The van der Waals surface area contributed by atoms with Gasteiger partial charge in [0.05, 0.1) is 13.2 Å². The first-order chi connectivity index (χ1) is 9.29. The average molecular weight is 295 g/mol. The number of aryl methyl sites for hydroxylation is 1. The fraction of sp³-hybridized carbons (Fsp3) is 0.429. The molecule has 0 aromatic heterocycles. The molecule has 0 bridgehead atoms. The van der Waals surface area contributed by atoms with Gasteiger partial charge in [-0.2, -0.15) is 0 Å². The van der Waals surface area contributed by atoms with Crippen molar-refractivity contribution in [3.8, 4) is 0 Å². The molecule has 3 nitrogen and oxygen atoms in total. The van der Waals surface area contributed by atoms with Crippen molar-refractivity contribution in [2.24, 2.45) is 4.99 Å². The van der Waals surface area contributed by atoms with E-state index in [1.165, 1.54) is 10.5 Å². The Morgan fingerprint density at radius 3 is 3.05 bits per heavy atom. The zero-order valence-corrected chi connectivity index (χ0v) is 12.6. The maximum absolute atomic E-state index is 11.4. The van der Waals surface area contributed by atoms with Gasteiger partial charge in [-0.1, -0.05) is 41.7 Å². The zero-order valence-electron chi connectivity index (χ0n) is 10.9. The van der Waals surface area contributed by atoms with Crippen molar-refractivity contribution in [1.82, 2.24) is 0 Å². The molecule has 1 aliphatic rings. The van der Waals surface area contributed by atoms with Gasteiger partial charge in [0.1, 0.15) is 4.38 Å². The van der Waals surface area contributed by atoms with Crippen LogP contribution < -0.4 is 0 Å². The molecule has 1 aromatic rings. The Morgan fingerprint density at radius 1 is 1.47 bits per heavy atom. The van der Waals surface area contributed by atoms with E-state index in [4.69, 9.17) is 4.74 Å². The second-order valence-electron chi connectivity index (χ2n) is 4.01. The minimum atomic E-state index is -0.130. The highest BCUT2D eigenvalue weighted by Gasteiger charge is 2.12. The highest BCUT2D eigenvalue weighted by Crippen LogP contribution is 2.31. The Kier molecular flexibility index (Phi) is 5.79. The third-order valence-corrected chi connectivity index (χ3v) is 4.92. The summed E-state index contributed by atoms with van der Waals surface area (Å²) in [6.07, 6.45) is 1.16. The summed E-state index contributed by atoms with van der Waals surface area (Å²) in [5.74, 6) is 0.947. The van der Waals surface area contributed by atoms with E-state index in [0.29, 0.717) is 13.0 Å². The first kappa shape index (κ1) is 14.5. The van der Waals surface area contributed by atoms with Crippen LogP contribution in [0.25, 0.3) is 0 Å². The van der Waals surface area contributed by atoms with Crippen LogP contribution in [0.1, 0.15) is 18.9 Å². The summed E-state index contributed by atoms with van der Waals surface area (Å²) in [4.78, 5) is 17.1. The molecule has 0 saturated carbocycles. The van der Waals surface area contributed by atoms with Crippen LogP contribution in [0.3, 0.4) is 0 Å². The van der Waals surface area contributed by atoms with Crippen LogP contribution in [-0.2, 0) is 16.0 Å². The van der Waals surface area contributed by atoms with E-state index >= 15 is 0 Å². The van der Waals surface area contributed by atoms with E-state index < -0.39 is 0 Å². The molecular formula is C14H17NO2S2. The Bertz CT molecular complexity index is 474. The third-order valence-electron chi connectivity index (χ3n) is 2.63. The minimum absolute atomic E-state index is 0.130. The summed E-state index contributed by atoms with van der Waals surface area (Å²) in [6.45, 7) is 3.19. The van der Waals surface area contributed by atoms with Crippen LogP contribution in [0.4, 0.5) is 0 Å². The van der Waals surface area contributed by atoms with Gasteiger partial charge >= 0.3 is 5.97 Å². The van der Waals surface area contributed by atoms with Crippen LogP contribution in [-0.4, -0.2) is 29.2 Å². The molecule has 1 heterocycles. The molecule has 1 aromatic carbocycles. The summed E-state index contributed by atoms with van der Waals surface area (Å²) in [6, 6.07) is 8.19. The molecule has 19 heavy (non-hydrogen) atoms. The van der Waals surface area contributed by atoms with Gasteiger partial charge in [-0.15, -0.1) is 0 Å². The Labute approximate surface area is 122 Å². The summed E-state index contributed by atoms with van der Waals surface area (Å²) >= 11 is 3.50. The number of benzene rings is 1. The number of thioether (sulfide) groups is 2. The fourth-order valence-electron chi connectivity index (χ4n) is 1.75. The maximum atomic E-state index is 11.4. The number of esters is 1. The van der Waals surface area contributed by atoms with Crippen molar-refractivity contribution in [2.45, 2.75) is 24.7 Å². The molecule has 5 heteroatoms. The zero-order chi connectivity index (χ0) is 13.5. The first-order valence-corrected chi connectivity index (χ1v) is 8.18. The lowest BCUT2D eigenvalue weighted by molar-refractivity contribution is -0.143. The smallest absolute Gasteiger partial charge is 0.306 e. The molecule has 0 atom stereocenters. The van der Waals surface area contributed by atoms with E-state index in [1.54, 1.807) is 23.5 Å². The molecule has 0 unspecified atom stereocenters. The van der Waals surface area contributed by atoms with Gasteiger partial charge in [0.2, 0.25) is 0 Å². The Morgan fingerprint density at radius 2 is 2.32 bits per heavy atom. The molecule has 0 fully saturated rings. The number of ether oxygens (including phenoxy) is 1. The van der Waals surface area contributed by atoms with Crippen LogP contribution in [0.2, 0.25) is 0 Å². The lowest BCUT2D eigenvalue weighted by Gasteiger charge is -2.08. The number of aliphatic imine (C=N–C) groups is 1. The van der Waals surface area contributed by atoms with Crippen molar-refractivity contribution in [2.75, 3.05) is 18.9 Å². The summed E-state index contributed by atoms with van der Waals surface area (Å²) in [5.41, 5.74) is 1.19. The van der Waals surface area contributed by atoms with E-state index in [9.17, 15) is 4.79 Å². The average Bonchev–Trinajstić information content (AvgIpc) is 2.91. The quantitative estimate of drug-likeness (QED) is 0.781. The second kappa shape index (κ2) is 7.60. The van der Waals surface area contributed by atoms with Gasteiger partial charge < -0.3 is 4.74 Å².